The summed E-state index contributed by atoms with van der Waals surface area (Å²) in [7, 11) is -4.35. The molecule has 138 valence electrons. The van der Waals surface area contributed by atoms with Crippen LogP contribution < -0.4 is 4.90 Å². The summed E-state index contributed by atoms with van der Waals surface area (Å²) in [6.07, 6.45) is 1.40. The molecule has 0 amide bonds. The van der Waals surface area contributed by atoms with Gasteiger partial charge < -0.3 is 4.90 Å². The molecule has 1 aromatic carbocycles. The molecule has 0 spiro atoms. The molecule has 3 rings (SSSR count). The first-order chi connectivity index (χ1) is 12.3. The van der Waals surface area contributed by atoms with Crippen molar-refractivity contribution in [2.45, 2.75) is 4.90 Å². The van der Waals surface area contributed by atoms with E-state index < -0.39 is 31.5 Å². The molecule has 1 saturated heterocycles. The van der Waals surface area contributed by atoms with Crippen LogP contribution in [-0.4, -0.2) is 48.8 Å². The number of benzene rings is 1. The Morgan fingerprint density at radius 1 is 1.04 bits per heavy atom. The second kappa shape index (κ2) is 6.92. The lowest BCUT2D eigenvalue weighted by Crippen LogP contribution is -2.49. The van der Waals surface area contributed by atoms with Crippen LogP contribution in [0.5, 0.6) is 0 Å². The number of aromatic nitrogens is 1. The van der Waals surface area contributed by atoms with E-state index in [1.165, 1.54) is 18.3 Å². The van der Waals surface area contributed by atoms with Crippen molar-refractivity contribution in [1.82, 2.24) is 9.29 Å². The molecular weight excluding hydrogens is 370 g/mol. The lowest BCUT2D eigenvalue weighted by atomic mass is 10.3. The van der Waals surface area contributed by atoms with Crippen molar-refractivity contribution in [2.75, 3.05) is 31.1 Å². The van der Waals surface area contributed by atoms with E-state index in [2.05, 4.69) is 4.98 Å². The van der Waals surface area contributed by atoms with Crippen molar-refractivity contribution >= 4 is 21.5 Å². The summed E-state index contributed by atoms with van der Waals surface area (Å²) in [5.41, 5.74) is -0.191. The molecule has 0 atom stereocenters. The lowest BCUT2D eigenvalue weighted by Gasteiger charge is -2.34. The van der Waals surface area contributed by atoms with Gasteiger partial charge in [-0.2, -0.15) is 4.31 Å². The third-order valence-corrected chi connectivity index (χ3v) is 5.97. The van der Waals surface area contributed by atoms with Gasteiger partial charge in [0.25, 0.3) is 0 Å². The van der Waals surface area contributed by atoms with Crippen LogP contribution in [0.15, 0.2) is 41.4 Å². The molecule has 1 fully saturated rings. The monoisotopic (exact) mass is 384 g/mol. The van der Waals surface area contributed by atoms with E-state index in [-0.39, 0.29) is 37.7 Å². The summed E-state index contributed by atoms with van der Waals surface area (Å²) in [6.45, 7) is 0.0496. The zero-order valence-electron chi connectivity index (χ0n) is 13.4. The van der Waals surface area contributed by atoms with E-state index in [0.717, 1.165) is 22.5 Å². The van der Waals surface area contributed by atoms with Crippen molar-refractivity contribution in [3.8, 4) is 0 Å². The quantitative estimate of drug-likeness (QED) is 0.589. The van der Waals surface area contributed by atoms with Crippen molar-refractivity contribution in [2.24, 2.45) is 0 Å². The van der Waals surface area contributed by atoms with Gasteiger partial charge in [0.15, 0.2) is 4.90 Å². The Morgan fingerprint density at radius 3 is 2.23 bits per heavy atom. The van der Waals surface area contributed by atoms with Crippen LogP contribution in [0.4, 0.5) is 20.3 Å². The molecule has 0 unspecified atom stereocenters. The zero-order valence-corrected chi connectivity index (χ0v) is 14.2. The van der Waals surface area contributed by atoms with Crippen molar-refractivity contribution < 1.29 is 22.1 Å². The molecule has 11 heteroatoms. The molecule has 1 aromatic heterocycles. The van der Waals surface area contributed by atoms with Crippen LogP contribution in [0, 0.1) is 21.7 Å². The molecule has 0 bridgehead atoms. The van der Waals surface area contributed by atoms with E-state index in [4.69, 9.17) is 0 Å². The fourth-order valence-corrected chi connectivity index (χ4v) is 4.30. The molecular formula is C15H14F2N4O4S. The largest absolute Gasteiger partial charge is 0.348 e. The minimum Gasteiger partial charge on any atom is -0.348 e. The van der Waals surface area contributed by atoms with Crippen LogP contribution >= 0.6 is 0 Å². The molecule has 0 N–H and O–H groups in total. The van der Waals surface area contributed by atoms with E-state index in [0.29, 0.717) is 0 Å². The summed E-state index contributed by atoms with van der Waals surface area (Å²) in [5.74, 6) is -2.19. The third-order valence-electron chi connectivity index (χ3n) is 4.02. The fraction of sp³-hybridized carbons (Fsp3) is 0.267. The van der Waals surface area contributed by atoms with Crippen LogP contribution in [0.1, 0.15) is 0 Å². The van der Waals surface area contributed by atoms with Crippen LogP contribution in [0.3, 0.4) is 0 Å². The second-order valence-electron chi connectivity index (χ2n) is 5.55. The number of anilines is 1. The smallest absolute Gasteiger partial charge is 0.311 e. The van der Waals surface area contributed by atoms with Gasteiger partial charge in [-0.15, -0.1) is 0 Å². The van der Waals surface area contributed by atoms with E-state index >= 15 is 0 Å². The standard InChI is InChI=1S/C15H14F2N4O4S/c16-11-3-1-4-12(17)14(11)26(24,25)20-9-7-19(8-10-20)15-13(21(22)23)5-2-6-18-15/h1-6H,7-10H2. The number of sulfonamides is 1. The van der Waals surface area contributed by atoms with Gasteiger partial charge in [0.2, 0.25) is 15.8 Å². The van der Waals surface area contributed by atoms with Gasteiger partial charge in [0.1, 0.15) is 11.6 Å². The molecule has 1 aliphatic rings. The minimum atomic E-state index is -4.35. The Bertz CT molecular complexity index is 926. The zero-order chi connectivity index (χ0) is 18.9. The molecule has 0 aliphatic carbocycles. The second-order valence-corrected chi connectivity index (χ2v) is 7.42. The molecule has 1 aliphatic heterocycles. The number of piperazine rings is 1. The van der Waals surface area contributed by atoms with Gasteiger partial charge in [-0.25, -0.2) is 22.2 Å². The molecule has 0 radical (unpaired) electrons. The highest BCUT2D eigenvalue weighted by Gasteiger charge is 2.34. The van der Waals surface area contributed by atoms with Gasteiger partial charge in [0.05, 0.1) is 4.92 Å². The highest BCUT2D eigenvalue weighted by Crippen LogP contribution is 2.28. The average molecular weight is 384 g/mol. The first-order valence-corrected chi connectivity index (χ1v) is 9.05. The Labute approximate surface area is 147 Å². The number of halogens is 2. The predicted molar refractivity (Wildman–Crippen MR) is 88.2 cm³/mol. The van der Waals surface area contributed by atoms with E-state index in [1.807, 2.05) is 0 Å². The first-order valence-electron chi connectivity index (χ1n) is 7.61. The number of nitro groups is 1. The Balaban J connectivity index is 1.82. The Morgan fingerprint density at radius 2 is 1.65 bits per heavy atom. The normalized spacial score (nSPS) is 15.8. The van der Waals surface area contributed by atoms with E-state index in [1.54, 1.807) is 4.90 Å². The van der Waals surface area contributed by atoms with Crippen LogP contribution in [0.25, 0.3) is 0 Å². The molecule has 2 aromatic rings. The van der Waals surface area contributed by atoms with Gasteiger partial charge in [0, 0.05) is 38.4 Å². The topological polar surface area (TPSA) is 96.7 Å². The average Bonchev–Trinajstić information content (AvgIpc) is 2.61. The maximum Gasteiger partial charge on any atom is 0.311 e. The minimum absolute atomic E-state index is 0.0795. The number of nitrogens with zero attached hydrogens (tertiary/aromatic N) is 4. The molecule has 8 nitrogen and oxygen atoms in total. The van der Waals surface area contributed by atoms with Crippen molar-refractivity contribution in [3.63, 3.8) is 0 Å². The SMILES string of the molecule is O=[N+]([O-])c1cccnc1N1CCN(S(=O)(=O)c2c(F)cccc2F)CC1. The molecule has 0 saturated carbocycles. The van der Waals surface area contributed by atoms with Crippen LogP contribution in [0.2, 0.25) is 0 Å². The maximum atomic E-state index is 13.8. The number of hydrogen-bond acceptors (Lipinski definition) is 6. The Hall–Kier alpha value is -2.66. The summed E-state index contributed by atoms with van der Waals surface area (Å²) in [5, 5.41) is 11.1. The predicted octanol–water partition coefficient (Wildman–Crippen LogP) is 1.78. The van der Waals surface area contributed by atoms with Crippen molar-refractivity contribution in [3.05, 3.63) is 58.3 Å². The van der Waals surface area contributed by atoms with Gasteiger partial charge in [-0.05, 0) is 18.2 Å². The summed E-state index contributed by atoms with van der Waals surface area (Å²) in [6, 6.07) is 5.58. The van der Waals surface area contributed by atoms with Gasteiger partial charge >= 0.3 is 5.69 Å². The number of rotatable bonds is 4. The highest BCUT2D eigenvalue weighted by atomic mass is 32.2. The number of hydrogen-bond donors (Lipinski definition) is 0. The van der Waals surface area contributed by atoms with E-state index in [9.17, 15) is 27.3 Å². The van der Waals surface area contributed by atoms with Gasteiger partial charge in [-0.3, -0.25) is 10.1 Å². The van der Waals surface area contributed by atoms with Gasteiger partial charge in [-0.1, -0.05) is 6.07 Å². The number of pyridine rings is 1. The van der Waals surface area contributed by atoms with Crippen molar-refractivity contribution in [1.29, 1.82) is 0 Å². The lowest BCUT2D eigenvalue weighted by molar-refractivity contribution is -0.384. The van der Waals surface area contributed by atoms with Crippen LogP contribution in [-0.2, 0) is 10.0 Å². The summed E-state index contributed by atoms with van der Waals surface area (Å²) < 4.78 is 53.7. The molecule has 26 heavy (non-hydrogen) atoms. The third kappa shape index (κ3) is 3.22. The molecule has 2 heterocycles. The highest BCUT2D eigenvalue weighted by molar-refractivity contribution is 7.89. The maximum absolute atomic E-state index is 13.8. The fourth-order valence-electron chi connectivity index (χ4n) is 2.77. The Kier molecular flexibility index (Phi) is 4.83. The summed E-state index contributed by atoms with van der Waals surface area (Å²) in [4.78, 5) is 15.1. The summed E-state index contributed by atoms with van der Waals surface area (Å²) >= 11 is 0. The first kappa shape index (κ1) is 18.1.